The molecular formula is C15H19N3. The lowest BCUT2D eigenvalue weighted by molar-refractivity contribution is 0.491. The van der Waals surface area contributed by atoms with Gasteiger partial charge in [0.25, 0.3) is 0 Å². The van der Waals surface area contributed by atoms with Crippen LogP contribution in [-0.4, -0.2) is 9.78 Å². The molecule has 1 saturated carbocycles. The van der Waals surface area contributed by atoms with Crippen molar-refractivity contribution in [2.45, 2.75) is 26.3 Å². The van der Waals surface area contributed by atoms with Crippen molar-refractivity contribution in [1.82, 2.24) is 9.78 Å². The fourth-order valence-electron chi connectivity index (χ4n) is 2.58. The van der Waals surface area contributed by atoms with Gasteiger partial charge in [-0.3, -0.25) is 0 Å². The molecule has 1 fully saturated rings. The normalized spacial score (nSPS) is 22.7. The number of rotatable bonds is 3. The summed E-state index contributed by atoms with van der Waals surface area (Å²) in [5, 5.41) is 4.40. The van der Waals surface area contributed by atoms with Crippen LogP contribution < -0.4 is 5.73 Å². The minimum atomic E-state index is 0.109. The molecule has 1 aliphatic rings. The Bertz CT molecular complexity index is 542. The molecule has 0 aliphatic heterocycles. The van der Waals surface area contributed by atoms with Crippen molar-refractivity contribution in [2.24, 2.45) is 17.1 Å². The molecule has 0 spiro atoms. The Morgan fingerprint density at radius 3 is 2.61 bits per heavy atom. The van der Waals surface area contributed by atoms with Gasteiger partial charge in [0.2, 0.25) is 0 Å². The Morgan fingerprint density at radius 2 is 2.00 bits per heavy atom. The molecule has 2 unspecified atom stereocenters. The molecule has 2 aromatic rings. The molecule has 1 heterocycles. The van der Waals surface area contributed by atoms with E-state index in [1.165, 1.54) is 6.42 Å². The van der Waals surface area contributed by atoms with E-state index in [1.807, 2.05) is 41.2 Å². The summed E-state index contributed by atoms with van der Waals surface area (Å²) in [7, 11) is 0. The molecule has 0 bridgehead atoms. The van der Waals surface area contributed by atoms with Crippen LogP contribution >= 0.6 is 0 Å². The molecule has 3 heteroatoms. The Kier molecular flexibility index (Phi) is 2.52. The van der Waals surface area contributed by atoms with Gasteiger partial charge in [-0.2, -0.15) is 5.10 Å². The van der Waals surface area contributed by atoms with E-state index < -0.39 is 0 Å². The smallest absolute Gasteiger partial charge is 0.0645 e. The molecule has 1 aliphatic carbocycles. The highest BCUT2D eigenvalue weighted by atomic mass is 15.3. The highest BCUT2D eigenvalue weighted by Gasteiger charge is 2.49. The summed E-state index contributed by atoms with van der Waals surface area (Å²) in [6, 6.07) is 10.2. The first-order chi connectivity index (χ1) is 8.58. The fraction of sp³-hybridized carbons (Fsp3) is 0.400. The van der Waals surface area contributed by atoms with E-state index >= 15 is 0 Å². The van der Waals surface area contributed by atoms with Crippen LogP contribution in [0.3, 0.4) is 0 Å². The average molecular weight is 241 g/mol. The molecule has 94 valence electrons. The highest BCUT2D eigenvalue weighted by Crippen LogP contribution is 2.56. The van der Waals surface area contributed by atoms with Crippen molar-refractivity contribution in [1.29, 1.82) is 0 Å². The molecule has 0 amide bonds. The number of hydrogen-bond acceptors (Lipinski definition) is 2. The first kappa shape index (κ1) is 11.5. The number of para-hydroxylation sites is 1. The highest BCUT2D eigenvalue weighted by molar-refractivity contribution is 5.31. The maximum atomic E-state index is 6.31. The fourth-order valence-corrected chi connectivity index (χ4v) is 2.58. The van der Waals surface area contributed by atoms with Gasteiger partial charge in [-0.1, -0.05) is 32.0 Å². The van der Waals surface area contributed by atoms with Gasteiger partial charge in [0.15, 0.2) is 0 Å². The zero-order valence-corrected chi connectivity index (χ0v) is 10.9. The maximum absolute atomic E-state index is 6.31. The zero-order chi connectivity index (χ0) is 12.8. The van der Waals surface area contributed by atoms with E-state index in [1.54, 1.807) is 0 Å². The van der Waals surface area contributed by atoms with Crippen molar-refractivity contribution in [3.05, 3.63) is 48.3 Å². The summed E-state index contributed by atoms with van der Waals surface area (Å²) in [5.74, 6) is 0.589. The van der Waals surface area contributed by atoms with Crippen molar-refractivity contribution in [3.63, 3.8) is 0 Å². The van der Waals surface area contributed by atoms with Crippen molar-refractivity contribution in [3.8, 4) is 5.69 Å². The number of hydrogen-bond donors (Lipinski definition) is 1. The minimum Gasteiger partial charge on any atom is -0.324 e. The second-order valence-corrected chi connectivity index (χ2v) is 5.88. The minimum absolute atomic E-state index is 0.109. The van der Waals surface area contributed by atoms with Gasteiger partial charge < -0.3 is 5.73 Å². The summed E-state index contributed by atoms with van der Waals surface area (Å²) in [6.45, 7) is 4.55. The standard InChI is InChI=1S/C15H19N3/c1-15(2)8-13(15)14(16)11-9-17-18(10-11)12-6-4-3-5-7-12/h3-7,9-10,13-14H,8,16H2,1-2H3. The lowest BCUT2D eigenvalue weighted by Crippen LogP contribution is -2.14. The molecular weight excluding hydrogens is 222 g/mol. The second kappa shape index (κ2) is 3.95. The van der Waals surface area contributed by atoms with E-state index in [9.17, 15) is 0 Å². The third-order valence-electron chi connectivity index (χ3n) is 4.03. The topological polar surface area (TPSA) is 43.8 Å². The monoisotopic (exact) mass is 241 g/mol. The van der Waals surface area contributed by atoms with Crippen LogP contribution in [0.4, 0.5) is 0 Å². The molecule has 2 N–H and O–H groups in total. The van der Waals surface area contributed by atoms with Gasteiger partial charge in [0, 0.05) is 17.8 Å². The third-order valence-corrected chi connectivity index (χ3v) is 4.03. The second-order valence-electron chi connectivity index (χ2n) is 5.88. The van der Waals surface area contributed by atoms with Crippen LogP contribution in [0.2, 0.25) is 0 Å². The van der Waals surface area contributed by atoms with Gasteiger partial charge in [-0.25, -0.2) is 4.68 Å². The maximum Gasteiger partial charge on any atom is 0.0645 e. The van der Waals surface area contributed by atoms with Gasteiger partial charge >= 0.3 is 0 Å². The van der Waals surface area contributed by atoms with Crippen LogP contribution in [0.1, 0.15) is 31.9 Å². The molecule has 0 saturated heterocycles. The lowest BCUT2D eigenvalue weighted by Gasteiger charge is -2.10. The van der Waals surface area contributed by atoms with Crippen molar-refractivity contribution >= 4 is 0 Å². The molecule has 18 heavy (non-hydrogen) atoms. The summed E-state index contributed by atoms with van der Waals surface area (Å²) < 4.78 is 1.89. The van der Waals surface area contributed by atoms with Crippen LogP contribution in [0, 0.1) is 11.3 Å². The van der Waals surface area contributed by atoms with E-state index in [0.29, 0.717) is 11.3 Å². The van der Waals surface area contributed by atoms with Crippen LogP contribution in [0.25, 0.3) is 5.69 Å². The molecule has 2 atom stereocenters. The molecule has 1 aromatic carbocycles. The predicted molar refractivity (Wildman–Crippen MR) is 72.4 cm³/mol. The Hall–Kier alpha value is -1.61. The Morgan fingerprint density at radius 1 is 1.33 bits per heavy atom. The SMILES string of the molecule is CC1(C)CC1C(N)c1cnn(-c2ccccc2)c1. The number of aromatic nitrogens is 2. The van der Waals surface area contributed by atoms with Gasteiger partial charge in [0.1, 0.15) is 0 Å². The molecule has 0 radical (unpaired) electrons. The van der Waals surface area contributed by atoms with Crippen molar-refractivity contribution < 1.29 is 0 Å². The van der Waals surface area contributed by atoms with Gasteiger partial charge in [-0.05, 0) is 29.9 Å². The predicted octanol–water partition coefficient (Wildman–Crippen LogP) is 2.92. The van der Waals surface area contributed by atoms with E-state index in [0.717, 1.165) is 11.3 Å². The summed E-state index contributed by atoms with van der Waals surface area (Å²) in [6.07, 6.45) is 5.16. The number of benzene rings is 1. The summed E-state index contributed by atoms with van der Waals surface area (Å²) in [5.41, 5.74) is 8.92. The zero-order valence-electron chi connectivity index (χ0n) is 10.9. The van der Waals surface area contributed by atoms with Crippen LogP contribution in [-0.2, 0) is 0 Å². The molecule has 3 nitrogen and oxygen atoms in total. The van der Waals surface area contributed by atoms with E-state index in [4.69, 9.17) is 5.73 Å². The average Bonchev–Trinajstić information content (AvgIpc) is 2.81. The summed E-state index contributed by atoms with van der Waals surface area (Å²) in [4.78, 5) is 0. The third kappa shape index (κ3) is 1.95. The molecule has 3 rings (SSSR count). The van der Waals surface area contributed by atoms with E-state index in [2.05, 4.69) is 25.1 Å². The first-order valence-electron chi connectivity index (χ1n) is 6.43. The van der Waals surface area contributed by atoms with Crippen molar-refractivity contribution in [2.75, 3.05) is 0 Å². The largest absolute Gasteiger partial charge is 0.324 e. The Labute approximate surface area is 108 Å². The van der Waals surface area contributed by atoms with Gasteiger partial charge in [-0.15, -0.1) is 0 Å². The summed E-state index contributed by atoms with van der Waals surface area (Å²) >= 11 is 0. The van der Waals surface area contributed by atoms with Crippen LogP contribution in [0.15, 0.2) is 42.7 Å². The Balaban J connectivity index is 1.82. The molecule has 1 aromatic heterocycles. The quantitative estimate of drug-likeness (QED) is 0.898. The lowest BCUT2D eigenvalue weighted by atomic mass is 10.0. The number of nitrogens with two attached hydrogens (primary N) is 1. The first-order valence-corrected chi connectivity index (χ1v) is 6.43. The van der Waals surface area contributed by atoms with Crippen LogP contribution in [0.5, 0.6) is 0 Å². The number of nitrogens with zero attached hydrogens (tertiary/aromatic N) is 2. The van der Waals surface area contributed by atoms with E-state index in [-0.39, 0.29) is 6.04 Å². The van der Waals surface area contributed by atoms with Gasteiger partial charge in [0.05, 0.1) is 11.9 Å².